The molecule has 0 aliphatic carbocycles. The molecule has 0 radical (unpaired) electrons. The molecule has 0 bridgehead atoms. The molecule has 3 nitrogen and oxygen atoms in total. The molecule has 0 spiro atoms. The average molecular weight is 376 g/mol. The molecule has 1 aromatic carbocycles. The number of carbonyl (C=O) groups is 1. The first-order chi connectivity index (χ1) is 9.13. The Morgan fingerprint density at radius 3 is 2.53 bits per heavy atom. The predicted octanol–water partition coefficient (Wildman–Crippen LogP) is 3.45. The van der Waals surface area contributed by atoms with E-state index in [0.29, 0.717) is 25.7 Å². The minimum Gasteiger partial charge on any atom is -0.465 e. The summed E-state index contributed by atoms with van der Waals surface area (Å²) in [5.74, 6) is 0.0110. The first kappa shape index (κ1) is 16.4. The monoisotopic (exact) mass is 376 g/mol. The first-order valence-corrected chi connectivity index (χ1v) is 8.00. The molecule has 1 aromatic rings. The van der Waals surface area contributed by atoms with Gasteiger partial charge in [0.2, 0.25) is 0 Å². The van der Waals surface area contributed by atoms with Crippen molar-refractivity contribution in [1.29, 1.82) is 0 Å². The van der Waals surface area contributed by atoms with Crippen LogP contribution in [0.2, 0.25) is 0 Å². The lowest BCUT2D eigenvalue weighted by molar-refractivity contribution is -0.151. The molecule has 4 heteroatoms. The number of ether oxygens (including phenoxy) is 2. The van der Waals surface area contributed by atoms with Crippen molar-refractivity contribution in [3.63, 3.8) is 0 Å². The summed E-state index contributed by atoms with van der Waals surface area (Å²) < 4.78 is 11.8. The van der Waals surface area contributed by atoms with Crippen molar-refractivity contribution in [3.8, 4) is 0 Å². The summed E-state index contributed by atoms with van der Waals surface area (Å²) in [5.41, 5.74) is 1.11. The number of benzene rings is 1. The summed E-state index contributed by atoms with van der Waals surface area (Å²) in [6.07, 6.45) is 0. The van der Waals surface area contributed by atoms with E-state index < -0.39 is 0 Å². The Hall–Kier alpha value is -0.620. The van der Waals surface area contributed by atoms with Crippen LogP contribution in [-0.4, -0.2) is 23.6 Å². The summed E-state index contributed by atoms with van der Waals surface area (Å²) >= 11 is 2.29. The largest absolute Gasteiger partial charge is 0.465 e. The van der Waals surface area contributed by atoms with Crippen molar-refractivity contribution in [3.05, 3.63) is 35.9 Å². The average Bonchev–Trinajstić information content (AvgIpc) is 2.45. The van der Waals surface area contributed by atoms with Gasteiger partial charge in [-0.2, -0.15) is 0 Å². The number of hydrogen-bond acceptors (Lipinski definition) is 3. The summed E-state index contributed by atoms with van der Waals surface area (Å²) in [6, 6.07) is 9.93. The van der Waals surface area contributed by atoms with E-state index in [1.54, 1.807) is 0 Å². The smallest absolute Gasteiger partial charge is 0.311 e. The third kappa shape index (κ3) is 6.92. The SMILES string of the molecule is C[C@@H](CI)COC(=O)[C@H](C)COCc1ccccc1. The fourth-order valence-electron chi connectivity index (χ4n) is 1.41. The van der Waals surface area contributed by atoms with Crippen LogP contribution < -0.4 is 0 Å². The van der Waals surface area contributed by atoms with Crippen LogP contribution in [0.25, 0.3) is 0 Å². The molecule has 0 fully saturated rings. The molecular weight excluding hydrogens is 355 g/mol. The van der Waals surface area contributed by atoms with Crippen LogP contribution in [0.15, 0.2) is 30.3 Å². The van der Waals surface area contributed by atoms with E-state index in [-0.39, 0.29) is 11.9 Å². The molecule has 106 valence electrons. The first-order valence-electron chi connectivity index (χ1n) is 6.47. The van der Waals surface area contributed by atoms with Gasteiger partial charge < -0.3 is 9.47 Å². The van der Waals surface area contributed by atoms with Crippen LogP contribution in [0.5, 0.6) is 0 Å². The van der Waals surface area contributed by atoms with Crippen molar-refractivity contribution in [2.24, 2.45) is 11.8 Å². The van der Waals surface area contributed by atoms with Gasteiger partial charge in [-0.25, -0.2) is 0 Å². The molecule has 0 saturated carbocycles. The van der Waals surface area contributed by atoms with Crippen LogP contribution in [0.1, 0.15) is 19.4 Å². The van der Waals surface area contributed by atoms with E-state index in [0.717, 1.165) is 9.99 Å². The number of hydrogen-bond donors (Lipinski definition) is 0. The third-order valence-corrected chi connectivity index (χ3v) is 4.16. The highest BCUT2D eigenvalue weighted by atomic mass is 127. The molecule has 0 aliphatic heterocycles. The van der Waals surface area contributed by atoms with Crippen LogP contribution in [0.4, 0.5) is 0 Å². The molecule has 19 heavy (non-hydrogen) atoms. The molecule has 0 amide bonds. The van der Waals surface area contributed by atoms with Gasteiger partial charge in [-0.1, -0.05) is 59.8 Å². The fraction of sp³-hybridized carbons (Fsp3) is 0.533. The number of halogens is 1. The van der Waals surface area contributed by atoms with Gasteiger partial charge in [0, 0.05) is 4.43 Å². The van der Waals surface area contributed by atoms with Crippen molar-refractivity contribution < 1.29 is 14.3 Å². The van der Waals surface area contributed by atoms with Crippen LogP contribution >= 0.6 is 22.6 Å². The molecule has 0 N–H and O–H groups in total. The minimum absolute atomic E-state index is 0.176. The Balaban J connectivity index is 2.19. The molecule has 0 saturated heterocycles. The van der Waals surface area contributed by atoms with Gasteiger partial charge in [0.25, 0.3) is 0 Å². The Morgan fingerprint density at radius 1 is 1.21 bits per heavy atom. The van der Waals surface area contributed by atoms with E-state index >= 15 is 0 Å². The normalized spacial score (nSPS) is 13.8. The van der Waals surface area contributed by atoms with Gasteiger partial charge in [-0.3, -0.25) is 4.79 Å². The summed E-state index contributed by atoms with van der Waals surface area (Å²) in [5, 5.41) is 0. The van der Waals surface area contributed by atoms with Gasteiger partial charge in [0.1, 0.15) is 0 Å². The zero-order valence-corrected chi connectivity index (χ0v) is 13.6. The van der Waals surface area contributed by atoms with Gasteiger partial charge in [0.15, 0.2) is 0 Å². The Bertz CT molecular complexity index is 367. The maximum atomic E-state index is 11.7. The van der Waals surface area contributed by atoms with Gasteiger partial charge in [-0.15, -0.1) is 0 Å². The van der Waals surface area contributed by atoms with Gasteiger partial charge >= 0.3 is 5.97 Å². The zero-order valence-electron chi connectivity index (χ0n) is 11.5. The minimum atomic E-state index is -0.217. The Kier molecular flexibility index (Phi) is 8.05. The van der Waals surface area contributed by atoms with Gasteiger partial charge in [-0.05, 0) is 18.4 Å². The van der Waals surface area contributed by atoms with Crippen molar-refractivity contribution in [2.45, 2.75) is 20.5 Å². The lowest BCUT2D eigenvalue weighted by atomic mass is 10.2. The standard InChI is InChI=1S/C15H21IO3/c1-12(8-16)9-19-15(17)13(2)10-18-11-14-6-4-3-5-7-14/h3-7,12-13H,8-11H2,1-2H3/t12-,13+/m0/s1. The molecule has 0 aromatic heterocycles. The molecule has 2 atom stereocenters. The van der Waals surface area contributed by atoms with Crippen molar-refractivity contribution in [2.75, 3.05) is 17.6 Å². The number of rotatable bonds is 8. The fourth-order valence-corrected chi connectivity index (χ4v) is 1.66. The quantitative estimate of drug-likeness (QED) is 0.396. The molecule has 0 heterocycles. The van der Waals surface area contributed by atoms with E-state index in [4.69, 9.17) is 9.47 Å². The molecule has 0 unspecified atom stereocenters. The molecular formula is C15H21IO3. The van der Waals surface area contributed by atoms with Crippen LogP contribution in [-0.2, 0) is 20.9 Å². The van der Waals surface area contributed by atoms with E-state index in [2.05, 4.69) is 29.5 Å². The lowest BCUT2D eigenvalue weighted by Crippen LogP contribution is -2.22. The van der Waals surface area contributed by atoms with Crippen LogP contribution in [0.3, 0.4) is 0 Å². The predicted molar refractivity (Wildman–Crippen MR) is 84.3 cm³/mol. The second kappa shape index (κ2) is 9.31. The zero-order chi connectivity index (χ0) is 14.1. The van der Waals surface area contributed by atoms with E-state index in [1.807, 2.05) is 37.3 Å². The molecule has 0 aliphatic rings. The maximum absolute atomic E-state index is 11.7. The lowest BCUT2D eigenvalue weighted by Gasteiger charge is -2.14. The van der Waals surface area contributed by atoms with E-state index in [9.17, 15) is 4.79 Å². The maximum Gasteiger partial charge on any atom is 0.311 e. The van der Waals surface area contributed by atoms with Gasteiger partial charge in [0.05, 0.1) is 25.7 Å². The van der Waals surface area contributed by atoms with Crippen molar-refractivity contribution >= 4 is 28.6 Å². The second-order valence-electron chi connectivity index (χ2n) is 4.79. The second-order valence-corrected chi connectivity index (χ2v) is 5.67. The summed E-state index contributed by atoms with van der Waals surface area (Å²) in [4.78, 5) is 11.7. The topological polar surface area (TPSA) is 35.5 Å². The highest BCUT2D eigenvalue weighted by Gasteiger charge is 2.15. The Labute approximate surface area is 128 Å². The van der Waals surface area contributed by atoms with E-state index in [1.165, 1.54) is 0 Å². The number of alkyl halides is 1. The van der Waals surface area contributed by atoms with Crippen molar-refractivity contribution in [1.82, 2.24) is 0 Å². The third-order valence-electron chi connectivity index (χ3n) is 2.66. The number of carbonyl (C=O) groups excluding carboxylic acids is 1. The Morgan fingerprint density at radius 2 is 1.89 bits per heavy atom. The van der Waals surface area contributed by atoms with Crippen LogP contribution in [0, 0.1) is 11.8 Å². The highest BCUT2D eigenvalue weighted by molar-refractivity contribution is 14.1. The highest BCUT2D eigenvalue weighted by Crippen LogP contribution is 2.07. The number of esters is 1. The summed E-state index contributed by atoms with van der Waals surface area (Å²) in [7, 11) is 0. The molecule has 1 rings (SSSR count). The summed E-state index contributed by atoms with van der Waals surface area (Å²) in [6.45, 7) is 5.32.